The third-order valence-electron chi connectivity index (χ3n) is 2.55. The van der Waals surface area contributed by atoms with Gasteiger partial charge in [-0.2, -0.15) is 17.6 Å². The molecule has 134 valence electrons. The monoisotopic (exact) mass is 353 g/mol. The van der Waals surface area contributed by atoms with Crippen molar-refractivity contribution in [3.8, 4) is 11.5 Å². The molecule has 0 spiro atoms. The van der Waals surface area contributed by atoms with Gasteiger partial charge in [0.15, 0.2) is 11.5 Å². The number of hydrogen-bond acceptors (Lipinski definition) is 5. The van der Waals surface area contributed by atoms with Crippen molar-refractivity contribution < 1.29 is 41.8 Å². The number of oxime groups is 1. The Bertz CT molecular complexity index is 554. The Morgan fingerprint density at radius 1 is 1.12 bits per heavy atom. The summed E-state index contributed by atoms with van der Waals surface area (Å²) in [6.07, 6.45) is 2.09. The van der Waals surface area contributed by atoms with Gasteiger partial charge in [0.25, 0.3) is 0 Å². The maximum Gasteiger partial charge on any atom is 0.387 e. The number of unbranched alkanes of at least 4 members (excludes halogenated alkanes) is 1. The van der Waals surface area contributed by atoms with Crippen LogP contribution in [-0.4, -0.2) is 37.1 Å². The van der Waals surface area contributed by atoms with E-state index in [9.17, 15) is 22.4 Å². The second kappa shape index (κ2) is 10.3. The number of halogens is 4. The van der Waals surface area contributed by atoms with Crippen LogP contribution in [0.25, 0.3) is 0 Å². The molecule has 0 saturated carbocycles. The number of nitrogens with zero attached hydrogens (tertiary/aromatic N) is 1. The van der Waals surface area contributed by atoms with Crippen molar-refractivity contribution in [3.05, 3.63) is 23.8 Å². The van der Waals surface area contributed by atoms with E-state index >= 15 is 0 Å². The Labute approximate surface area is 134 Å². The van der Waals surface area contributed by atoms with Crippen molar-refractivity contribution in [2.75, 3.05) is 6.61 Å². The number of carbonyl (C=O) groups is 1. The molecule has 1 rings (SSSR count). The van der Waals surface area contributed by atoms with Crippen molar-refractivity contribution >= 4 is 12.2 Å². The molecule has 0 aromatic heterocycles. The van der Waals surface area contributed by atoms with E-state index in [2.05, 4.69) is 14.6 Å². The predicted octanol–water partition coefficient (Wildman–Crippen LogP) is 3.49. The summed E-state index contributed by atoms with van der Waals surface area (Å²) in [6.45, 7) is -6.21. The Kier molecular flexibility index (Phi) is 8.37. The first-order valence-electron chi connectivity index (χ1n) is 6.79. The molecule has 0 fully saturated rings. The fourth-order valence-corrected chi connectivity index (χ4v) is 1.58. The van der Waals surface area contributed by atoms with E-state index in [4.69, 9.17) is 9.94 Å². The van der Waals surface area contributed by atoms with E-state index in [-0.39, 0.29) is 18.6 Å². The molecule has 0 amide bonds. The zero-order valence-corrected chi connectivity index (χ0v) is 12.3. The van der Waals surface area contributed by atoms with Gasteiger partial charge < -0.3 is 19.4 Å². The summed E-state index contributed by atoms with van der Waals surface area (Å²) in [6, 6.07) is 3.38. The van der Waals surface area contributed by atoms with Crippen LogP contribution in [0.4, 0.5) is 17.6 Å². The van der Waals surface area contributed by atoms with Gasteiger partial charge in [-0.15, -0.1) is 0 Å². The van der Waals surface area contributed by atoms with E-state index in [1.165, 1.54) is 12.3 Å². The maximum absolute atomic E-state index is 12.3. The quantitative estimate of drug-likeness (QED) is 0.285. The first kappa shape index (κ1) is 19.5. The molecule has 6 nitrogen and oxygen atoms in total. The van der Waals surface area contributed by atoms with E-state index in [1.54, 1.807) is 0 Å². The lowest BCUT2D eigenvalue weighted by Crippen LogP contribution is -2.08. The normalized spacial score (nSPS) is 11.2. The van der Waals surface area contributed by atoms with Crippen LogP contribution in [0.15, 0.2) is 23.4 Å². The minimum absolute atomic E-state index is 0.0208. The van der Waals surface area contributed by atoms with Gasteiger partial charge in [-0.3, -0.25) is 4.79 Å². The summed E-state index contributed by atoms with van der Waals surface area (Å²) in [5.41, 5.74) is 0.262. The number of aliphatic carboxylic acids is 1. The van der Waals surface area contributed by atoms with Gasteiger partial charge >= 0.3 is 19.2 Å². The Balaban J connectivity index is 2.58. The fourth-order valence-electron chi connectivity index (χ4n) is 1.58. The second-order valence-electron chi connectivity index (χ2n) is 4.38. The molecule has 24 heavy (non-hydrogen) atoms. The van der Waals surface area contributed by atoms with Crippen LogP contribution in [-0.2, 0) is 9.63 Å². The average Bonchev–Trinajstić information content (AvgIpc) is 2.47. The van der Waals surface area contributed by atoms with Crippen LogP contribution >= 0.6 is 0 Å². The molecule has 0 aliphatic carbocycles. The summed E-state index contributed by atoms with van der Waals surface area (Å²) in [5.74, 6) is -2.00. The Morgan fingerprint density at radius 2 is 1.79 bits per heavy atom. The van der Waals surface area contributed by atoms with Crippen LogP contribution in [0.3, 0.4) is 0 Å². The van der Waals surface area contributed by atoms with Gasteiger partial charge in [-0.05, 0) is 31.0 Å². The van der Waals surface area contributed by atoms with Gasteiger partial charge in [-0.1, -0.05) is 5.16 Å². The van der Waals surface area contributed by atoms with E-state index < -0.39 is 30.7 Å². The molecule has 0 unspecified atom stereocenters. The third kappa shape index (κ3) is 8.20. The number of alkyl halides is 4. The summed E-state index contributed by atoms with van der Waals surface area (Å²) < 4.78 is 57.1. The van der Waals surface area contributed by atoms with Crippen molar-refractivity contribution in [2.45, 2.75) is 32.5 Å². The highest BCUT2D eigenvalue weighted by atomic mass is 19.3. The molecule has 0 radical (unpaired) electrons. The highest BCUT2D eigenvalue weighted by Crippen LogP contribution is 2.30. The number of hydrogen-bond donors (Lipinski definition) is 1. The van der Waals surface area contributed by atoms with Gasteiger partial charge in [-0.25, -0.2) is 0 Å². The lowest BCUT2D eigenvalue weighted by atomic mass is 10.2. The number of benzene rings is 1. The molecule has 10 heteroatoms. The predicted molar refractivity (Wildman–Crippen MR) is 74.7 cm³/mol. The SMILES string of the molecule is O=C(O)CCCCON=Cc1ccc(OC(F)F)c(OC(F)F)c1. The molecule has 0 atom stereocenters. The van der Waals surface area contributed by atoms with Gasteiger partial charge in [0.05, 0.1) is 6.21 Å². The second-order valence-corrected chi connectivity index (χ2v) is 4.38. The Morgan fingerprint density at radius 3 is 2.42 bits per heavy atom. The Hall–Kier alpha value is -2.52. The molecule has 0 heterocycles. The first-order valence-corrected chi connectivity index (χ1v) is 6.79. The summed E-state index contributed by atoms with van der Waals surface area (Å²) in [4.78, 5) is 15.2. The molecular formula is C14H15F4NO5. The molecular weight excluding hydrogens is 338 g/mol. The largest absolute Gasteiger partial charge is 0.481 e. The van der Waals surface area contributed by atoms with E-state index in [1.807, 2.05) is 0 Å². The van der Waals surface area contributed by atoms with E-state index in [0.29, 0.717) is 12.8 Å². The van der Waals surface area contributed by atoms with Crippen molar-refractivity contribution in [3.63, 3.8) is 0 Å². The van der Waals surface area contributed by atoms with Crippen molar-refractivity contribution in [2.24, 2.45) is 5.16 Å². The first-order chi connectivity index (χ1) is 11.4. The summed E-state index contributed by atoms with van der Waals surface area (Å²) in [5, 5.41) is 12.0. The van der Waals surface area contributed by atoms with Crippen LogP contribution in [0.5, 0.6) is 11.5 Å². The molecule has 0 bridgehead atoms. The zero-order chi connectivity index (χ0) is 17.9. The molecule has 1 aromatic carbocycles. The fraction of sp³-hybridized carbons (Fsp3) is 0.429. The van der Waals surface area contributed by atoms with Crippen molar-refractivity contribution in [1.82, 2.24) is 0 Å². The van der Waals surface area contributed by atoms with Gasteiger partial charge in [0.1, 0.15) is 6.61 Å². The van der Waals surface area contributed by atoms with Gasteiger partial charge in [0.2, 0.25) is 0 Å². The zero-order valence-electron chi connectivity index (χ0n) is 12.3. The molecule has 0 aliphatic heterocycles. The number of carboxylic acids is 1. The van der Waals surface area contributed by atoms with E-state index in [0.717, 1.165) is 12.1 Å². The van der Waals surface area contributed by atoms with Crippen molar-refractivity contribution in [1.29, 1.82) is 0 Å². The number of ether oxygens (including phenoxy) is 2. The smallest absolute Gasteiger partial charge is 0.387 e. The maximum atomic E-state index is 12.3. The van der Waals surface area contributed by atoms with Crippen LogP contribution in [0, 0.1) is 0 Å². The van der Waals surface area contributed by atoms with Crippen LogP contribution in [0.2, 0.25) is 0 Å². The van der Waals surface area contributed by atoms with Gasteiger partial charge in [0, 0.05) is 12.0 Å². The third-order valence-corrected chi connectivity index (χ3v) is 2.55. The molecule has 1 aromatic rings. The van der Waals surface area contributed by atoms with Crippen LogP contribution < -0.4 is 9.47 Å². The minimum Gasteiger partial charge on any atom is -0.481 e. The number of carboxylic acid groups (broad SMARTS) is 1. The lowest BCUT2D eigenvalue weighted by molar-refractivity contribution is -0.137. The minimum atomic E-state index is -3.21. The topological polar surface area (TPSA) is 77.4 Å². The lowest BCUT2D eigenvalue weighted by Gasteiger charge is -2.11. The van der Waals surface area contributed by atoms with Crippen LogP contribution in [0.1, 0.15) is 24.8 Å². The highest BCUT2D eigenvalue weighted by Gasteiger charge is 2.15. The molecule has 0 aliphatic rings. The summed E-state index contributed by atoms with van der Waals surface area (Å²) in [7, 11) is 0. The molecule has 0 saturated heterocycles. The number of rotatable bonds is 11. The molecule has 1 N–H and O–H groups in total. The summed E-state index contributed by atoms with van der Waals surface area (Å²) >= 11 is 0. The highest BCUT2D eigenvalue weighted by molar-refractivity contribution is 5.80. The standard InChI is InChI=1S/C14H15F4NO5/c15-13(16)23-10-5-4-9(7-11(10)24-14(17)18)8-19-22-6-2-1-3-12(20)21/h4-5,7-8,13-14H,1-3,6H2,(H,20,21). The average molecular weight is 353 g/mol.